The van der Waals surface area contributed by atoms with E-state index < -0.39 is 17.8 Å². The second-order valence-electron chi connectivity index (χ2n) is 4.83. The molecule has 2 aromatic carbocycles. The summed E-state index contributed by atoms with van der Waals surface area (Å²) in [4.78, 5) is 36.6. The summed E-state index contributed by atoms with van der Waals surface area (Å²) in [5.74, 6) is -2.36. The smallest absolute Gasteiger partial charge is 0.266 e. The summed E-state index contributed by atoms with van der Waals surface area (Å²) in [7, 11) is 0. The second-order valence-corrected chi connectivity index (χ2v) is 4.83. The van der Waals surface area contributed by atoms with Crippen LogP contribution in [0.5, 0.6) is 0 Å². The number of carbonyl (C=O) groups is 3. The lowest BCUT2D eigenvalue weighted by molar-refractivity contribution is -0.255. The number of hydrogen-bond acceptors (Lipinski definition) is 4. The summed E-state index contributed by atoms with van der Waals surface area (Å²) < 4.78 is 0. The Labute approximate surface area is 120 Å². The number of anilines is 1. The minimum atomic E-state index is -1.38. The number of carbonyl (C=O) groups excluding carboxylic acids is 3. The van der Waals surface area contributed by atoms with E-state index in [1.54, 1.807) is 24.3 Å². The molecule has 2 aromatic rings. The van der Waals surface area contributed by atoms with Crippen molar-refractivity contribution in [2.24, 2.45) is 0 Å². The van der Waals surface area contributed by atoms with Crippen LogP contribution < -0.4 is 10.0 Å². The molecule has 0 unspecified atom stereocenters. The molecule has 5 nitrogen and oxygen atoms in total. The van der Waals surface area contributed by atoms with Gasteiger partial charge in [-0.2, -0.15) is 0 Å². The average Bonchev–Trinajstić information content (AvgIpc) is 2.72. The molecule has 1 aliphatic rings. The quantitative estimate of drug-likeness (QED) is 0.773. The highest BCUT2D eigenvalue weighted by atomic mass is 16.4. The number of nitrogens with zero attached hydrogens (tertiary/aromatic N) is 1. The van der Waals surface area contributed by atoms with Crippen LogP contribution in [0.2, 0.25) is 0 Å². The Morgan fingerprint density at radius 1 is 0.952 bits per heavy atom. The van der Waals surface area contributed by atoms with Gasteiger partial charge in [0.05, 0.1) is 22.8 Å². The number of hydrogen-bond donors (Lipinski definition) is 0. The fourth-order valence-corrected chi connectivity index (χ4v) is 2.30. The fourth-order valence-electron chi connectivity index (χ4n) is 2.30. The Hall–Kier alpha value is -2.95. The van der Waals surface area contributed by atoms with Gasteiger partial charge in [-0.25, -0.2) is 4.90 Å². The van der Waals surface area contributed by atoms with E-state index in [1.165, 1.54) is 18.2 Å². The predicted octanol–water partition coefficient (Wildman–Crippen LogP) is 1.16. The predicted molar refractivity (Wildman–Crippen MR) is 73.1 cm³/mol. The lowest BCUT2D eigenvalue weighted by Gasteiger charge is -2.13. The number of rotatable bonds is 2. The molecule has 5 heteroatoms. The lowest BCUT2D eigenvalue weighted by atomic mass is 10.1. The number of fused-ring (bicyclic) bond motifs is 1. The van der Waals surface area contributed by atoms with Crippen LogP contribution in [0.3, 0.4) is 0 Å². The van der Waals surface area contributed by atoms with Crippen LogP contribution in [0.1, 0.15) is 36.6 Å². The number of amides is 2. The molecule has 1 heterocycles. The molecular formula is C16H10NO4-. The van der Waals surface area contributed by atoms with E-state index in [0.29, 0.717) is 5.69 Å². The Morgan fingerprint density at radius 2 is 1.57 bits per heavy atom. The first-order valence-electron chi connectivity index (χ1n) is 6.30. The van der Waals surface area contributed by atoms with Crippen molar-refractivity contribution in [1.82, 2.24) is 0 Å². The molecule has 0 atom stereocenters. The number of benzene rings is 2. The summed E-state index contributed by atoms with van der Waals surface area (Å²) in [5.41, 5.74) is 1.63. The van der Waals surface area contributed by atoms with Gasteiger partial charge in [0.25, 0.3) is 11.8 Å². The van der Waals surface area contributed by atoms with Crippen LogP contribution in [0, 0.1) is 6.92 Å². The molecule has 0 spiro atoms. The highest BCUT2D eigenvalue weighted by Gasteiger charge is 2.36. The van der Waals surface area contributed by atoms with Crippen LogP contribution in [-0.2, 0) is 0 Å². The summed E-state index contributed by atoms with van der Waals surface area (Å²) in [6, 6.07) is 10.7. The maximum atomic E-state index is 12.4. The van der Waals surface area contributed by atoms with Crippen molar-refractivity contribution >= 4 is 23.5 Å². The summed E-state index contributed by atoms with van der Waals surface area (Å²) in [5, 5.41) is 10.9. The molecule has 104 valence electrons. The van der Waals surface area contributed by atoms with Gasteiger partial charge in [-0.05, 0) is 36.8 Å². The molecule has 1 aliphatic heterocycles. The standard InChI is InChI=1S/C16H11NO4/c1-9-2-5-11(6-3-9)17-14(18)12-7-4-10(16(20)21)8-13(12)15(17)19/h2-8H,1H3,(H,20,21)/p-1. The average molecular weight is 280 g/mol. The lowest BCUT2D eigenvalue weighted by Crippen LogP contribution is -2.29. The van der Waals surface area contributed by atoms with Gasteiger partial charge < -0.3 is 9.90 Å². The van der Waals surface area contributed by atoms with Gasteiger partial charge in [0.2, 0.25) is 0 Å². The molecular weight excluding hydrogens is 270 g/mol. The van der Waals surface area contributed by atoms with E-state index in [4.69, 9.17) is 0 Å². The third-order valence-corrected chi connectivity index (χ3v) is 3.41. The van der Waals surface area contributed by atoms with E-state index in [0.717, 1.165) is 10.5 Å². The van der Waals surface area contributed by atoms with Gasteiger partial charge in [-0.3, -0.25) is 9.59 Å². The van der Waals surface area contributed by atoms with Crippen LogP contribution in [0.25, 0.3) is 0 Å². The number of aryl methyl sites for hydroxylation is 1. The first-order chi connectivity index (χ1) is 9.99. The maximum absolute atomic E-state index is 12.4. The zero-order valence-electron chi connectivity index (χ0n) is 11.1. The van der Waals surface area contributed by atoms with Crippen molar-refractivity contribution in [3.63, 3.8) is 0 Å². The zero-order valence-corrected chi connectivity index (χ0v) is 11.1. The van der Waals surface area contributed by atoms with Crippen molar-refractivity contribution in [3.8, 4) is 0 Å². The van der Waals surface area contributed by atoms with Gasteiger partial charge >= 0.3 is 0 Å². The molecule has 3 rings (SSSR count). The van der Waals surface area contributed by atoms with Crippen molar-refractivity contribution in [2.75, 3.05) is 4.90 Å². The Bertz CT molecular complexity index is 777. The van der Waals surface area contributed by atoms with Gasteiger partial charge in [0, 0.05) is 0 Å². The molecule has 0 bridgehead atoms. The zero-order chi connectivity index (χ0) is 15.1. The summed E-state index contributed by atoms with van der Waals surface area (Å²) >= 11 is 0. The van der Waals surface area contributed by atoms with E-state index in [1.807, 2.05) is 6.92 Å². The first-order valence-corrected chi connectivity index (χ1v) is 6.30. The van der Waals surface area contributed by atoms with Crippen molar-refractivity contribution in [2.45, 2.75) is 6.92 Å². The van der Waals surface area contributed by atoms with E-state index >= 15 is 0 Å². The number of imide groups is 1. The molecule has 0 saturated carbocycles. The van der Waals surface area contributed by atoms with Crippen LogP contribution in [-0.4, -0.2) is 17.8 Å². The van der Waals surface area contributed by atoms with Crippen LogP contribution in [0.15, 0.2) is 42.5 Å². The summed E-state index contributed by atoms with van der Waals surface area (Å²) in [6.45, 7) is 1.90. The third kappa shape index (κ3) is 1.99. The molecule has 0 fully saturated rings. The van der Waals surface area contributed by atoms with Gasteiger partial charge in [-0.15, -0.1) is 0 Å². The molecule has 0 aliphatic carbocycles. The van der Waals surface area contributed by atoms with Gasteiger partial charge in [-0.1, -0.05) is 23.8 Å². The number of carboxylic acid groups (broad SMARTS) is 1. The minimum Gasteiger partial charge on any atom is -0.545 e. The monoisotopic (exact) mass is 280 g/mol. The summed E-state index contributed by atoms with van der Waals surface area (Å²) in [6.07, 6.45) is 0. The Morgan fingerprint density at radius 3 is 2.19 bits per heavy atom. The number of carboxylic acids is 1. The van der Waals surface area contributed by atoms with E-state index in [9.17, 15) is 19.5 Å². The highest BCUT2D eigenvalue weighted by Crippen LogP contribution is 2.29. The second kappa shape index (κ2) is 4.56. The molecule has 2 amide bonds. The molecule has 21 heavy (non-hydrogen) atoms. The number of aromatic carboxylic acids is 1. The van der Waals surface area contributed by atoms with Crippen molar-refractivity contribution in [3.05, 3.63) is 64.7 Å². The van der Waals surface area contributed by atoms with Gasteiger partial charge in [0.1, 0.15) is 0 Å². The SMILES string of the molecule is Cc1ccc(N2C(=O)c3ccc(C(=O)[O-])cc3C2=O)cc1. The Balaban J connectivity index is 2.08. The highest BCUT2D eigenvalue weighted by molar-refractivity contribution is 6.34. The van der Waals surface area contributed by atoms with E-state index in [2.05, 4.69) is 0 Å². The molecule has 0 N–H and O–H groups in total. The molecule has 0 aromatic heterocycles. The maximum Gasteiger partial charge on any atom is 0.266 e. The van der Waals surface area contributed by atoms with Crippen molar-refractivity contribution < 1.29 is 19.5 Å². The topological polar surface area (TPSA) is 77.5 Å². The van der Waals surface area contributed by atoms with Crippen molar-refractivity contribution in [1.29, 1.82) is 0 Å². The largest absolute Gasteiger partial charge is 0.545 e. The minimum absolute atomic E-state index is 0.0854. The first kappa shape index (κ1) is 13.1. The van der Waals surface area contributed by atoms with E-state index in [-0.39, 0.29) is 16.7 Å². The van der Waals surface area contributed by atoms with Crippen LogP contribution >= 0.6 is 0 Å². The van der Waals surface area contributed by atoms with Gasteiger partial charge in [0.15, 0.2) is 0 Å². The molecule has 0 radical (unpaired) electrons. The molecule has 0 saturated heterocycles. The third-order valence-electron chi connectivity index (χ3n) is 3.41. The van der Waals surface area contributed by atoms with Crippen LogP contribution in [0.4, 0.5) is 5.69 Å². The fraction of sp³-hybridized carbons (Fsp3) is 0.0625. The normalized spacial score (nSPS) is 13.5. The Kier molecular flexibility index (Phi) is 2.83.